The molecule has 0 fully saturated rings. The van der Waals surface area contributed by atoms with Crippen LogP contribution in [0.1, 0.15) is 12.5 Å². The van der Waals surface area contributed by atoms with Gasteiger partial charge in [0.15, 0.2) is 5.76 Å². The number of benzene rings is 1. The number of hydrogen-bond donors (Lipinski definition) is 1. The van der Waals surface area contributed by atoms with Crippen LogP contribution >= 0.6 is 0 Å². The van der Waals surface area contributed by atoms with Gasteiger partial charge in [-0.15, -0.1) is 0 Å². The largest absolute Gasteiger partial charge is 0.490 e. The Morgan fingerprint density at radius 1 is 1.44 bits per heavy atom. The second-order valence-corrected chi connectivity index (χ2v) is 5.85. The van der Waals surface area contributed by atoms with Crippen LogP contribution in [0.25, 0.3) is 6.08 Å². The van der Waals surface area contributed by atoms with Crippen molar-refractivity contribution in [2.75, 3.05) is 31.4 Å². The molecule has 0 saturated carbocycles. The van der Waals surface area contributed by atoms with Gasteiger partial charge in [-0.2, -0.15) is 0 Å². The Bertz CT molecular complexity index is 776. The van der Waals surface area contributed by atoms with E-state index in [1.807, 2.05) is 45.3 Å². The number of ether oxygens (including phenoxy) is 1. The first-order valence-corrected chi connectivity index (χ1v) is 7.89. The van der Waals surface area contributed by atoms with E-state index in [9.17, 15) is 10.1 Å². The van der Waals surface area contributed by atoms with Crippen molar-refractivity contribution in [2.45, 2.75) is 13.0 Å². The summed E-state index contributed by atoms with van der Waals surface area (Å²) in [7, 11) is 5.40. The Morgan fingerprint density at radius 3 is 2.72 bits per heavy atom. The lowest BCUT2D eigenvalue weighted by Crippen LogP contribution is -2.22. The van der Waals surface area contributed by atoms with E-state index in [0.717, 1.165) is 22.5 Å². The lowest BCUT2D eigenvalue weighted by molar-refractivity contribution is -0.423. The highest BCUT2D eigenvalue weighted by atomic mass is 16.6. The second-order valence-electron chi connectivity index (χ2n) is 5.85. The molecule has 0 spiro atoms. The summed E-state index contributed by atoms with van der Waals surface area (Å²) in [6, 6.07) is 6.08. The van der Waals surface area contributed by atoms with Gasteiger partial charge in [0.25, 0.3) is 0 Å². The molecule has 0 unspecified atom stereocenters. The number of nitrogens with zero attached hydrogens (tertiary/aromatic N) is 2. The summed E-state index contributed by atoms with van der Waals surface area (Å²) in [6.45, 7) is 5.34. The number of fused-ring (bicyclic) bond motifs is 1. The van der Waals surface area contributed by atoms with Crippen LogP contribution in [-0.4, -0.2) is 32.2 Å². The van der Waals surface area contributed by atoms with E-state index in [-0.39, 0.29) is 17.5 Å². The molecule has 0 radical (unpaired) electrons. The van der Waals surface area contributed by atoms with Gasteiger partial charge in [0, 0.05) is 25.5 Å². The van der Waals surface area contributed by atoms with Crippen LogP contribution in [0.2, 0.25) is 0 Å². The minimum absolute atomic E-state index is 0.104. The lowest BCUT2D eigenvalue weighted by Gasteiger charge is -2.25. The number of rotatable bonds is 6. The molecule has 1 aliphatic heterocycles. The zero-order valence-electron chi connectivity index (χ0n) is 14.9. The molecule has 0 amide bonds. The van der Waals surface area contributed by atoms with Crippen molar-refractivity contribution < 1.29 is 9.66 Å². The molecule has 6 heteroatoms. The average molecular weight is 341 g/mol. The molecule has 1 aromatic carbocycles. The van der Waals surface area contributed by atoms with E-state index >= 15 is 0 Å². The van der Waals surface area contributed by atoms with Crippen molar-refractivity contribution in [3.8, 4) is 0 Å². The molecule has 0 bridgehead atoms. The predicted molar refractivity (Wildman–Crippen MR) is 102 cm³/mol. The quantitative estimate of drug-likeness (QED) is 0.369. The molecule has 1 aromatic rings. The number of anilines is 2. The third-order valence-electron chi connectivity index (χ3n) is 4.05. The predicted octanol–water partition coefficient (Wildman–Crippen LogP) is 3.83. The minimum atomic E-state index is -0.551. The summed E-state index contributed by atoms with van der Waals surface area (Å²) in [5.74, 6) is 0.141. The van der Waals surface area contributed by atoms with Gasteiger partial charge in [-0.1, -0.05) is 18.2 Å². The number of nitrogens with one attached hydrogen (secondary N) is 1. The molecular weight excluding hydrogens is 318 g/mol. The van der Waals surface area contributed by atoms with Gasteiger partial charge in [-0.25, -0.2) is 0 Å². The molecule has 6 nitrogen and oxygen atoms in total. The summed E-state index contributed by atoms with van der Waals surface area (Å²) in [6.07, 6.45) is 7.62. The summed E-state index contributed by atoms with van der Waals surface area (Å²) in [5.41, 5.74) is 3.83. The molecule has 0 saturated heterocycles. The van der Waals surface area contributed by atoms with Crippen molar-refractivity contribution in [1.82, 2.24) is 0 Å². The Morgan fingerprint density at radius 2 is 2.16 bits per heavy atom. The zero-order chi connectivity index (χ0) is 18.6. The Hall–Kier alpha value is -3.02. The SMILES string of the molecule is C=C(/C(=C\C(=C/C)[C@@H]1C=Cc2cc(N(C)C)ccc2N1)OC)[N+](=O)[O-]. The van der Waals surface area contributed by atoms with Crippen LogP contribution in [-0.2, 0) is 4.74 Å². The molecule has 1 heterocycles. The van der Waals surface area contributed by atoms with Crippen LogP contribution in [0, 0.1) is 10.1 Å². The van der Waals surface area contributed by atoms with Crippen LogP contribution < -0.4 is 10.2 Å². The average Bonchev–Trinajstić information content (AvgIpc) is 2.61. The summed E-state index contributed by atoms with van der Waals surface area (Å²) in [5, 5.41) is 14.4. The second kappa shape index (κ2) is 7.70. The van der Waals surface area contributed by atoms with Crippen molar-refractivity contribution >= 4 is 17.5 Å². The molecule has 1 N–H and O–H groups in total. The Balaban J connectivity index is 2.28. The van der Waals surface area contributed by atoms with Crippen LogP contribution in [0.5, 0.6) is 0 Å². The summed E-state index contributed by atoms with van der Waals surface area (Å²) < 4.78 is 5.13. The van der Waals surface area contributed by atoms with Crippen LogP contribution in [0.3, 0.4) is 0 Å². The van der Waals surface area contributed by atoms with Gasteiger partial charge >= 0.3 is 5.70 Å². The Labute approximate surface area is 147 Å². The lowest BCUT2D eigenvalue weighted by atomic mass is 9.98. The van der Waals surface area contributed by atoms with Gasteiger partial charge in [-0.3, -0.25) is 10.1 Å². The van der Waals surface area contributed by atoms with E-state index in [0.29, 0.717) is 0 Å². The number of nitro groups is 1. The third-order valence-corrected chi connectivity index (χ3v) is 4.05. The number of methoxy groups -OCH3 is 1. The topological polar surface area (TPSA) is 67.6 Å². The van der Waals surface area contributed by atoms with Gasteiger partial charge in [-0.05, 0) is 48.9 Å². The monoisotopic (exact) mass is 341 g/mol. The number of allylic oxidation sites excluding steroid dienone is 1. The molecule has 0 aliphatic carbocycles. The Kier molecular flexibility index (Phi) is 5.64. The maximum atomic E-state index is 10.9. The highest BCUT2D eigenvalue weighted by Gasteiger charge is 2.20. The third kappa shape index (κ3) is 4.09. The van der Waals surface area contributed by atoms with E-state index in [1.54, 1.807) is 6.08 Å². The molecular formula is C19H23N3O3. The van der Waals surface area contributed by atoms with Gasteiger partial charge in [0.1, 0.15) is 0 Å². The van der Waals surface area contributed by atoms with E-state index in [4.69, 9.17) is 4.74 Å². The smallest absolute Gasteiger partial charge is 0.303 e. The van der Waals surface area contributed by atoms with Crippen molar-refractivity contribution in [1.29, 1.82) is 0 Å². The zero-order valence-corrected chi connectivity index (χ0v) is 14.9. The van der Waals surface area contributed by atoms with Gasteiger partial charge < -0.3 is 15.0 Å². The summed E-state index contributed by atoms with van der Waals surface area (Å²) in [4.78, 5) is 12.4. The molecule has 25 heavy (non-hydrogen) atoms. The fraction of sp³-hybridized carbons (Fsp3) is 0.263. The fourth-order valence-corrected chi connectivity index (χ4v) is 2.56. The molecule has 1 atom stereocenters. The van der Waals surface area contributed by atoms with E-state index in [1.165, 1.54) is 7.11 Å². The maximum absolute atomic E-state index is 10.9. The standard InChI is InChI=1S/C19H23N3O3/c1-6-14(12-19(25-5)13(2)22(23)24)17-9-7-15-11-16(21(3)4)8-10-18(15)20-17/h6-12,17,20H,2H2,1,3-5H3/b14-6+,19-12+/t17-/m0/s1. The first-order chi connectivity index (χ1) is 11.9. The highest BCUT2D eigenvalue weighted by Crippen LogP contribution is 2.30. The fourth-order valence-electron chi connectivity index (χ4n) is 2.56. The van der Waals surface area contributed by atoms with Crippen molar-refractivity contribution in [3.63, 3.8) is 0 Å². The minimum Gasteiger partial charge on any atom is -0.490 e. The maximum Gasteiger partial charge on any atom is 0.303 e. The van der Waals surface area contributed by atoms with E-state index < -0.39 is 4.92 Å². The summed E-state index contributed by atoms with van der Waals surface area (Å²) >= 11 is 0. The molecule has 0 aromatic heterocycles. The van der Waals surface area contributed by atoms with Crippen molar-refractivity contribution in [2.24, 2.45) is 0 Å². The molecule has 132 valence electrons. The van der Waals surface area contributed by atoms with Gasteiger partial charge in [0.05, 0.1) is 18.1 Å². The van der Waals surface area contributed by atoms with Gasteiger partial charge in [0.2, 0.25) is 0 Å². The van der Waals surface area contributed by atoms with Crippen LogP contribution in [0.4, 0.5) is 11.4 Å². The molecule has 1 aliphatic rings. The first kappa shape index (κ1) is 18.3. The molecule has 2 rings (SSSR count). The van der Waals surface area contributed by atoms with Crippen molar-refractivity contribution in [3.05, 3.63) is 75.7 Å². The van der Waals surface area contributed by atoms with E-state index in [2.05, 4.69) is 28.9 Å². The normalized spacial score (nSPS) is 16.7. The highest BCUT2D eigenvalue weighted by molar-refractivity contribution is 5.76. The number of hydrogen-bond acceptors (Lipinski definition) is 5. The first-order valence-electron chi connectivity index (χ1n) is 7.89. The van der Waals surface area contributed by atoms with Crippen LogP contribution in [0.15, 0.2) is 60.0 Å².